The standard InChI is InChI=1S/C29H30N2O4S/c1-35-28(32)17-19-3-5-20(6-4-19)21-7-9-22(10-8-21)23-11-13-24(14-12-23)29-30-26-16-15-25(36(2,33)34)18-27(26)31-29/h7-16,18-20H,3-6,17H2,1-2H3,(H,30,31). The number of rotatable bonds is 6. The molecule has 0 spiro atoms. The van der Waals surface area contributed by atoms with Crippen molar-refractivity contribution in [2.24, 2.45) is 5.92 Å². The molecular weight excluding hydrogens is 472 g/mol. The van der Waals surface area contributed by atoms with Crippen LogP contribution in [0.3, 0.4) is 0 Å². The van der Waals surface area contributed by atoms with Gasteiger partial charge in [0.2, 0.25) is 0 Å². The van der Waals surface area contributed by atoms with Crippen molar-refractivity contribution >= 4 is 26.8 Å². The summed E-state index contributed by atoms with van der Waals surface area (Å²) in [5.74, 6) is 1.60. The van der Waals surface area contributed by atoms with Crippen LogP contribution in [0.15, 0.2) is 71.6 Å². The van der Waals surface area contributed by atoms with E-state index in [1.165, 1.54) is 18.9 Å². The number of carbonyl (C=O) groups is 1. The number of hydrogen-bond acceptors (Lipinski definition) is 5. The van der Waals surface area contributed by atoms with Crippen LogP contribution in [0, 0.1) is 5.92 Å². The van der Waals surface area contributed by atoms with Crippen molar-refractivity contribution in [3.63, 3.8) is 0 Å². The Bertz CT molecular complexity index is 1480. The number of carbonyl (C=O) groups excluding carboxylic acids is 1. The zero-order valence-corrected chi connectivity index (χ0v) is 21.3. The first-order valence-electron chi connectivity index (χ1n) is 12.3. The van der Waals surface area contributed by atoms with Gasteiger partial charge in [-0.25, -0.2) is 13.4 Å². The van der Waals surface area contributed by atoms with Crippen molar-refractivity contribution < 1.29 is 17.9 Å². The van der Waals surface area contributed by atoms with Gasteiger partial charge in [-0.2, -0.15) is 0 Å². The third kappa shape index (κ3) is 5.21. The Kier molecular flexibility index (Phi) is 6.67. The number of H-pyrrole nitrogens is 1. The van der Waals surface area contributed by atoms with E-state index >= 15 is 0 Å². The minimum Gasteiger partial charge on any atom is -0.469 e. The summed E-state index contributed by atoms with van der Waals surface area (Å²) in [6.45, 7) is 0. The Morgan fingerprint density at radius 1 is 0.917 bits per heavy atom. The highest BCUT2D eigenvalue weighted by molar-refractivity contribution is 7.90. The summed E-state index contributed by atoms with van der Waals surface area (Å²) in [5, 5.41) is 0. The second-order valence-electron chi connectivity index (χ2n) is 9.73. The molecule has 0 saturated heterocycles. The maximum atomic E-state index is 11.8. The summed E-state index contributed by atoms with van der Waals surface area (Å²) in [5.41, 5.74) is 6.02. The highest BCUT2D eigenvalue weighted by atomic mass is 32.2. The third-order valence-corrected chi connectivity index (χ3v) is 8.40. The lowest BCUT2D eigenvalue weighted by molar-refractivity contribution is -0.142. The molecule has 1 aliphatic rings. The van der Waals surface area contributed by atoms with Crippen molar-refractivity contribution in [2.75, 3.05) is 13.4 Å². The van der Waals surface area contributed by atoms with Crippen LogP contribution in [0.25, 0.3) is 33.5 Å². The van der Waals surface area contributed by atoms with E-state index in [4.69, 9.17) is 4.74 Å². The van der Waals surface area contributed by atoms with Crippen LogP contribution in [-0.4, -0.2) is 37.7 Å². The molecule has 1 N–H and O–H groups in total. The van der Waals surface area contributed by atoms with Gasteiger partial charge in [-0.05, 0) is 72.4 Å². The quantitative estimate of drug-likeness (QED) is 0.320. The Hall–Kier alpha value is -3.45. The number of nitrogens with one attached hydrogen (secondary N) is 1. The number of nitrogens with zero attached hydrogens (tertiary/aromatic N) is 1. The van der Waals surface area contributed by atoms with Crippen LogP contribution in [0.4, 0.5) is 0 Å². The summed E-state index contributed by atoms with van der Waals surface area (Å²) >= 11 is 0. The number of esters is 1. The molecule has 0 atom stereocenters. The predicted molar refractivity (Wildman–Crippen MR) is 141 cm³/mol. The van der Waals surface area contributed by atoms with Gasteiger partial charge in [-0.15, -0.1) is 0 Å². The van der Waals surface area contributed by atoms with Gasteiger partial charge in [0.05, 0.1) is 23.0 Å². The van der Waals surface area contributed by atoms with Gasteiger partial charge in [-0.1, -0.05) is 48.5 Å². The highest BCUT2D eigenvalue weighted by Crippen LogP contribution is 2.38. The first kappa shape index (κ1) is 24.3. The van der Waals surface area contributed by atoms with E-state index in [0.29, 0.717) is 29.6 Å². The molecule has 3 aromatic carbocycles. The number of aromatic amines is 1. The first-order valence-corrected chi connectivity index (χ1v) is 14.2. The topological polar surface area (TPSA) is 89.1 Å². The van der Waals surface area contributed by atoms with Gasteiger partial charge in [0.25, 0.3) is 0 Å². The fourth-order valence-corrected chi connectivity index (χ4v) is 5.79. The lowest BCUT2D eigenvalue weighted by atomic mass is 9.77. The molecule has 0 amide bonds. The molecule has 36 heavy (non-hydrogen) atoms. The number of aromatic nitrogens is 2. The van der Waals surface area contributed by atoms with Crippen molar-refractivity contribution in [1.29, 1.82) is 0 Å². The molecule has 1 heterocycles. The van der Waals surface area contributed by atoms with Gasteiger partial charge in [0.1, 0.15) is 5.82 Å². The van der Waals surface area contributed by atoms with E-state index in [2.05, 4.69) is 46.4 Å². The summed E-state index contributed by atoms with van der Waals surface area (Å²) < 4.78 is 28.5. The van der Waals surface area contributed by atoms with Gasteiger partial charge in [0.15, 0.2) is 9.84 Å². The molecule has 6 nitrogen and oxygen atoms in total. The van der Waals surface area contributed by atoms with Crippen LogP contribution >= 0.6 is 0 Å². The molecule has 1 aliphatic carbocycles. The van der Waals surface area contributed by atoms with Gasteiger partial charge in [-0.3, -0.25) is 4.79 Å². The molecule has 5 rings (SSSR count). The van der Waals surface area contributed by atoms with Crippen LogP contribution < -0.4 is 0 Å². The largest absolute Gasteiger partial charge is 0.469 e. The number of fused-ring (bicyclic) bond motifs is 1. The molecule has 0 aliphatic heterocycles. The van der Waals surface area contributed by atoms with E-state index in [1.54, 1.807) is 18.2 Å². The Morgan fingerprint density at radius 2 is 1.53 bits per heavy atom. The van der Waals surface area contributed by atoms with Crippen molar-refractivity contribution in [2.45, 2.75) is 42.9 Å². The number of imidazole rings is 1. The fourth-order valence-electron chi connectivity index (χ4n) is 5.14. The van der Waals surface area contributed by atoms with E-state index in [9.17, 15) is 13.2 Å². The SMILES string of the molecule is COC(=O)CC1CCC(c2ccc(-c3ccc(-c4nc5ccc(S(C)(=O)=O)cc5[nH]4)cc3)cc2)CC1. The van der Waals surface area contributed by atoms with E-state index in [0.717, 1.165) is 47.9 Å². The summed E-state index contributed by atoms with van der Waals surface area (Å²) in [7, 11) is -1.81. The molecule has 1 fully saturated rings. The lowest BCUT2D eigenvalue weighted by Gasteiger charge is -2.28. The van der Waals surface area contributed by atoms with Crippen molar-refractivity contribution in [3.8, 4) is 22.5 Å². The summed E-state index contributed by atoms with van der Waals surface area (Å²) in [6, 6.07) is 22.0. The smallest absolute Gasteiger partial charge is 0.305 e. The Morgan fingerprint density at radius 3 is 2.14 bits per heavy atom. The van der Waals surface area contributed by atoms with Gasteiger partial charge >= 0.3 is 5.97 Å². The predicted octanol–water partition coefficient (Wildman–Crippen LogP) is 6.14. The molecule has 1 aromatic heterocycles. The lowest BCUT2D eigenvalue weighted by Crippen LogP contribution is -2.17. The number of hydrogen-bond donors (Lipinski definition) is 1. The minimum absolute atomic E-state index is 0.102. The fraction of sp³-hybridized carbons (Fsp3) is 0.310. The highest BCUT2D eigenvalue weighted by Gasteiger charge is 2.24. The summed E-state index contributed by atoms with van der Waals surface area (Å²) in [4.78, 5) is 19.7. The average molecular weight is 503 g/mol. The molecular formula is C29H30N2O4S. The molecule has 7 heteroatoms. The van der Waals surface area contributed by atoms with E-state index in [-0.39, 0.29) is 10.9 Å². The number of benzene rings is 3. The van der Waals surface area contributed by atoms with Gasteiger partial charge in [0, 0.05) is 18.2 Å². The molecule has 1 saturated carbocycles. The Balaban J connectivity index is 1.27. The maximum Gasteiger partial charge on any atom is 0.305 e. The maximum absolute atomic E-state index is 11.8. The Labute approximate surface area is 211 Å². The molecule has 4 aromatic rings. The third-order valence-electron chi connectivity index (χ3n) is 7.29. The molecule has 0 radical (unpaired) electrons. The zero-order chi connectivity index (χ0) is 25.3. The van der Waals surface area contributed by atoms with Crippen molar-refractivity contribution in [3.05, 3.63) is 72.3 Å². The monoisotopic (exact) mass is 502 g/mol. The van der Waals surface area contributed by atoms with Crippen LogP contribution in [-0.2, 0) is 19.4 Å². The first-order chi connectivity index (χ1) is 17.3. The number of sulfone groups is 1. The minimum atomic E-state index is -3.27. The number of ether oxygens (including phenoxy) is 1. The molecule has 0 unspecified atom stereocenters. The van der Waals surface area contributed by atoms with Crippen LogP contribution in [0.2, 0.25) is 0 Å². The van der Waals surface area contributed by atoms with Crippen LogP contribution in [0.1, 0.15) is 43.6 Å². The van der Waals surface area contributed by atoms with Crippen molar-refractivity contribution in [1.82, 2.24) is 9.97 Å². The van der Waals surface area contributed by atoms with Crippen LogP contribution in [0.5, 0.6) is 0 Å². The van der Waals surface area contributed by atoms with E-state index in [1.807, 2.05) is 12.1 Å². The number of methoxy groups -OCH3 is 1. The second kappa shape index (κ2) is 9.90. The van der Waals surface area contributed by atoms with E-state index < -0.39 is 9.84 Å². The summed E-state index contributed by atoms with van der Waals surface area (Å²) in [6.07, 6.45) is 6.10. The normalized spacial score (nSPS) is 18.3. The molecule has 0 bridgehead atoms. The average Bonchev–Trinajstić information content (AvgIpc) is 3.32. The second-order valence-corrected chi connectivity index (χ2v) is 11.7. The zero-order valence-electron chi connectivity index (χ0n) is 20.5. The molecule has 186 valence electrons. The van der Waals surface area contributed by atoms with Gasteiger partial charge < -0.3 is 9.72 Å².